The van der Waals surface area contributed by atoms with E-state index in [0.717, 1.165) is 10.9 Å². The van der Waals surface area contributed by atoms with Crippen molar-refractivity contribution in [2.24, 2.45) is 0 Å². The van der Waals surface area contributed by atoms with Crippen molar-refractivity contribution in [3.05, 3.63) is 0 Å². The second-order valence-corrected chi connectivity index (χ2v) is 7.35. The maximum Gasteiger partial charge on any atom is 0.561 e. The van der Waals surface area contributed by atoms with E-state index in [-0.39, 0.29) is 18.1 Å². The van der Waals surface area contributed by atoms with Crippen LogP contribution in [0.1, 0.15) is 13.3 Å². The van der Waals surface area contributed by atoms with E-state index in [1.165, 1.54) is 0 Å². The van der Waals surface area contributed by atoms with Crippen molar-refractivity contribution in [2.45, 2.75) is 19.0 Å². The van der Waals surface area contributed by atoms with Gasteiger partial charge in [-0.2, -0.15) is 0 Å². The van der Waals surface area contributed by atoms with Crippen LogP contribution in [-0.4, -0.2) is 61.4 Å². The minimum Gasteiger partial charge on any atom is -1.00 e. The SMILES string of the molecule is CCC([N+](C)(C)C)[Si](OC)(OC)OC.[Cl-]. The lowest BCUT2D eigenvalue weighted by Crippen LogP contribution is -3.00. The minimum atomic E-state index is -2.51. The summed E-state index contributed by atoms with van der Waals surface area (Å²) in [6.07, 6.45) is 0.977. The molecule has 0 saturated carbocycles. The number of nitrogens with zero attached hydrogens (tertiary/aromatic N) is 1. The van der Waals surface area contributed by atoms with Gasteiger partial charge in [0.05, 0.1) is 21.1 Å². The van der Waals surface area contributed by atoms with E-state index in [1.54, 1.807) is 21.3 Å². The topological polar surface area (TPSA) is 27.7 Å². The van der Waals surface area contributed by atoms with Gasteiger partial charge in [-0.15, -0.1) is 0 Å². The Hall–Kier alpha value is 0.347. The molecule has 0 radical (unpaired) electrons. The van der Waals surface area contributed by atoms with Gasteiger partial charge in [0.15, 0.2) is 5.67 Å². The van der Waals surface area contributed by atoms with Gasteiger partial charge in [-0.1, -0.05) is 6.92 Å². The third kappa shape index (κ3) is 4.01. The summed E-state index contributed by atoms with van der Waals surface area (Å²) >= 11 is 0. The second-order valence-electron chi connectivity index (χ2n) is 4.26. The summed E-state index contributed by atoms with van der Waals surface area (Å²) in [5.74, 6) is 0. The fraction of sp³-hybridized carbons (Fsp3) is 1.00. The zero-order valence-electron chi connectivity index (χ0n) is 10.8. The first kappa shape index (κ1) is 17.7. The maximum atomic E-state index is 5.49. The predicted octanol–water partition coefficient (Wildman–Crippen LogP) is -2.11. The van der Waals surface area contributed by atoms with Crippen LogP contribution < -0.4 is 12.4 Å². The molecule has 0 aromatic heterocycles. The third-order valence-electron chi connectivity index (χ3n) is 2.58. The van der Waals surface area contributed by atoms with Crippen LogP contribution in [-0.2, 0) is 13.3 Å². The van der Waals surface area contributed by atoms with Gasteiger partial charge < -0.3 is 30.2 Å². The summed E-state index contributed by atoms with van der Waals surface area (Å²) in [5, 5.41) is 0. The molecule has 15 heavy (non-hydrogen) atoms. The van der Waals surface area contributed by atoms with Crippen molar-refractivity contribution in [2.75, 3.05) is 42.5 Å². The summed E-state index contributed by atoms with van der Waals surface area (Å²) in [6.45, 7) is 2.13. The Labute approximate surface area is 101 Å². The lowest BCUT2D eigenvalue weighted by atomic mass is 10.4. The highest BCUT2D eigenvalue weighted by Gasteiger charge is 2.54. The van der Waals surface area contributed by atoms with E-state index in [2.05, 4.69) is 28.1 Å². The van der Waals surface area contributed by atoms with E-state index in [1.807, 2.05) is 0 Å². The van der Waals surface area contributed by atoms with Crippen molar-refractivity contribution in [1.82, 2.24) is 0 Å². The molecule has 1 atom stereocenters. The van der Waals surface area contributed by atoms with Gasteiger partial charge in [0.25, 0.3) is 0 Å². The van der Waals surface area contributed by atoms with Gasteiger partial charge in [-0.25, -0.2) is 0 Å². The molecule has 4 nitrogen and oxygen atoms in total. The molecule has 0 aromatic rings. The molecule has 6 heteroatoms. The summed E-state index contributed by atoms with van der Waals surface area (Å²) in [6, 6.07) is 0. The van der Waals surface area contributed by atoms with Crippen molar-refractivity contribution in [3.63, 3.8) is 0 Å². The first-order valence-electron chi connectivity index (χ1n) is 4.84. The molecule has 94 valence electrons. The zero-order chi connectivity index (χ0) is 11.4. The standard InChI is InChI=1S/C9H24NO3Si.ClH/c1-8-9(10(2,3)4)14(11-5,12-6)13-7;/h9H,8H2,1-7H3;1H/q+1;/p-1. The average Bonchev–Trinajstić information content (AvgIpc) is 2.12. The molecule has 0 aliphatic rings. The summed E-state index contributed by atoms with van der Waals surface area (Å²) < 4.78 is 17.3. The number of halogens is 1. The number of hydrogen-bond acceptors (Lipinski definition) is 3. The lowest BCUT2D eigenvalue weighted by molar-refractivity contribution is -0.887. The fourth-order valence-electron chi connectivity index (χ4n) is 1.93. The van der Waals surface area contributed by atoms with E-state index in [4.69, 9.17) is 13.3 Å². The van der Waals surface area contributed by atoms with Crippen LogP contribution in [0.5, 0.6) is 0 Å². The Morgan fingerprint density at radius 3 is 1.40 bits per heavy atom. The molecule has 1 unspecified atom stereocenters. The Morgan fingerprint density at radius 1 is 1.00 bits per heavy atom. The molecular weight excluding hydrogens is 234 g/mol. The first-order valence-corrected chi connectivity index (χ1v) is 6.64. The minimum absolute atomic E-state index is 0. The second kappa shape index (κ2) is 6.83. The van der Waals surface area contributed by atoms with Gasteiger partial charge in [-0.3, -0.25) is 0 Å². The molecule has 0 N–H and O–H groups in total. The summed E-state index contributed by atoms with van der Waals surface area (Å²) in [5.41, 5.74) is 0.266. The van der Waals surface area contributed by atoms with Gasteiger partial charge in [0, 0.05) is 27.8 Å². The summed E-state index contributed by atoms with van der Waals surface area (Å²) in [7, 11) is 8.88. The first-order chi connectivity index (χ1) is 6.37. The van der Waals surface area contributed by atoms with Gasteiger partial charge in [-0.05, 0) is 0 Å². The number of hydrogen-bond donors (Lipinski definition) is 0. The highest BCUT2D eigenvalue weighted by Crippen LogP contribution is 2.22. The fourth-order valence-corrected chi connectivity index (χ4v) is 4.70. The average molecular weight is 258 g/mol. The number of rotatable bonds is 6. The molecule has 0 aliphatic heterocycles. The highest BCUT2D eigenvalue weighted by atomic mass is 35.5. The summed E-state index contributed by atoms with van der Waals surface area (Å²) in [4.78, 5) is 0. The molecule has 0 aromatic carbocycles. The normalized spacial score (nSPS) is 14.6. The Morgan fingerprint density at radius 2 is 1.33 bits per heavy atom. The molecule has 0 amide bonds. The molecule has 0 rings (SSSR count). The molecular formula is C9H24ClNO3Si. The van der Waals surface area contributed by atoms with Crippen LogP contribution >= 0.6 is 0 Å². The molecule has 0 saturated heterocycles. The van der Waals surface area contributed by atoms with E-state index >= 15 is 0 Å². The molecule has 0 heterocycles. The zero-order valence-corrected chi connectivity index (χ0v) is 12.6. The van der Waals surface area contributed by atoms with Crippen LogP contribution in [0.2, 0.25) is 0 Å². The monoisotopic (exact) mass is 257 g/mol. The van der Waals surface area contributed by atoms with Crippen molar-refractivity contribution in [1.29, 1.82) is 0 Å². The van der Waals surface area contributed by atoms with E-state index in [0.29, 0.717) is 0 Å². The van der Waals surface area contributed by atoms with Gasteiger partial charge in [0.1, 0.15) is 0 Å². The highest BCUT2D eigenvalue weighted by molar-refractivity contribution is 6.62. The van der Waals surface area contributed by atoms with Gasteiger partial charge in [0.2, 0.25) is 0 Å². The van der Waals surface area contributed by atoms with Gasteiger partial charge >= 0.3 is 8.80 Å². The van der Waals surface area contributed by atoms with Crippen LogP contribution in [0, 0.1) is 0 Å². The quantitative estimate of drug-likeness (QED) is 0.403. The van der Waals surface area contributed by atoms with Crippen LogP contribution in [0.15, 0.2) is 0 Å². The molecule has 0 fully saturated rings. The Kier molecular flexibility index (Phi) is 8.07. The smallest absolute Gasteiger partial charge is 0.561 e. The maximum absolute atomic E-state index is 5.49. The largest absolute Gasteiger partial charge is 1.00 e. The Bertz CT molecular complexity index is 163. The van der Waals surface area contributed by atoms with Crippen molar-refractivity contribution in [3.8, 4) is 0 Å². The van der Waals surface area contributed by atoms with Crippen molar-refractivity contribution >= 4 is 8.80 Å². The number of quaternary nitrogens is 1. The molecule has 0 spiro atoms. The van der Waals surface area contributed by atoms with Crippen molar-refractivity contribution < 1.29 is 30.2 Å². The van der Waals surface area contributed by atoms with E-state index in [9.17, 15) is 0 Å². The van der Waals surface area contributed by atoms with Crippen LogP contribution in [0.4, 0.5) is 0 Å². The Balaban J connectivity index is 0. The molecule has 0 bridgehead atoms. The lowest BCUT2D eigenvalue weighted by Gasteiger charge is -2.40. The molecule has 0 aliphatic carbocycles. The van der Waals surface area contributed by atoms with Crippen LogP contribution in [0.25, 0.3) is 0 Å². The van der Waals surface area contributed by atoms with Crippen LogP contribution in [0.3, 0.4) is 0 Å². The predicted molar refractivity (Wildman–Crippen MR) is 58.9 cm³/mol. The van der Waals surface area contributed by atoms with E-state index < -0.39 is 8.80 Å². The third-order valence-corrected chi connectivity index (χ3v) is 6.29.